The number of hydrogen-bond acceptors (Lipinski definition) is 4. The Hall–Kier alpha value is -1.26. The Kier molecular flexibility index (Phi) is 3.08. The van der Waals surface area contributed by atoms with Gasteiger partial charge in [-0.15, -0.1) is 0 Å². The van der Waals surface area contributed by atoms with Gasteiger partial charge in [0.15, 0.2) is 11.5 Å². The minimum absolute atomic E-state index is 0.0104. The number of aliphatic hydroxyl groups is 1. The van der Waals surface area contributed by atoms with Gasteiger partial charge in [-0.05, 0) is 54.4 Å². The lowest BCUT2D eigenvalue weighted by atomic mass is 9.79. The zero-order chi connectivity index (χ0) is 21.6. The highest BCUT2D eigenvalue weighted by molar-refractivity contribution is 5.49. The molecule has 23 heavy (non-hydrogen) atoms. The molecular formula is C19H29NO3. The van der Waals surface area contributed by atoms with Gasteiger partial charge in [0.05, 0.1) is 20.3 Å². The number of rotatable bonds is 4. The highest BCUT2D eigenvalue weighted by Gasteiger charge is 2.38. The summed E-state index contributed by atoms with van der Waals surface area (Å²) < 4.78 is 56.7. The van der Waals surface area contributed by atoms with E-state index in [1.54, 1.807) is 14.2 Å². The highest BCUT2D eigenvalue weighted by Crippen LogP contribution is 2.43. The summed E-state index contributed by atoms with van der Waals surface area (Å²) in [5, 5.41) is 10.8. The van der Waals surface area contributed by atoms with Gasteiger partial charge in [0.1, 0.15) is 0 Å². The first-order valence-electron chi connectivity index (χ1n) is 11.1. The molecule has 2 aliphatic heterocycles. The van der Waals surface area contributed by atoms with Crippen molar-refractivity contribution in [2.24, 2.45) is 11.8 Å². The molecule has 2 aliphatic rings. The van der Waals surface area contributed by atoms with E-state index < -0.39 is 31.6 Å². The first-order chi connectivity index (χ1) is 13.5. The van der Waals surface area contributed by atoms with Gasteiger partial charge < -0.3 is 14.6 Å². The third-order valence-electron chi connectivity index (χ3n) is 5.13. The normalized spacial score (nSPS) is 32.4. The van der Waals surface area contributed by atoms with Crippen LogP contribution in [0, 0.1) is 11.8 Å². The molecule has 128 valence electrons. The second kappa shape index (κ2) is 6.70. The van der Waals surface area contributed by atoms with E-state index in [9.17, 15) is 5.11 Å². The highest BCUT2D eigenvalue weighted by atomic mass is 16.5. The minimum atomic E-state index is -2.58. The molecule has 0 spiro atoms. The zero-order valence-corrected chi connectivity index (χ0v) is 13.7. The van der Waals surface area contributed by atoms with Crippen LogP contribution in [0.1, 0.15) is 51.9 Å². The molecule has 0 amide bonds. The van der Waals surface area contributed by atoms with Crippen LogP contribution < -0.4 is 9.47 Å². The summed E-state index contributed by atoms with van der Waals surface area (Å²) in [4.78, 5) is 2.22. The monoisotopic (exact) mass is 325 g/mol. The number of benzene rings is 1. The minimum Gasteiger partial charge on any atom is -0.493 e. The number of nitrogens with zero attached hydrogens (tertiary/aromatic N) is 1. The van der Waals surface area contributed by atoms with Crippen LogP contribution in [0.2, 0.25) is 0 Å². The molecule has 0 saturated carbocycles. The predicted octanol–water partition coefficient (Wildman–Crippen LogP) is 3.03. The van der Waals surface area contributed by atoms with E-state index in [4.69, 9.17) is 17.7 Å². The lowest BCUT2D eigenvalue weighted by Gasteiger charge is -2.46. The van der Waals surface area contributed by atoms with Crippen molar-refractivity contribution in [1.29, 1.82) is 0 Å². The van der Waals surface area contributed by atoms with Crippen LogP contribution in [-0.4, -0.2) is 43.4 Å². The van der Waals surface area contributed by atoms with Crippen LogP contribution in [-0.2, 0) is 6.42 Å². The number of ether oxygens (including phenoxy) is 2. The van der Waals surface area contributed by atoms with Crippen molar-refractivity contribution in [2.75, 3.05) is 27.3 Å². The van der Waals surface area contributed by atoms with E-state index in [1.165, 1.54) is 0 Å². The maximum Gasteiger partial charge on any atom is 0.161 e. The van der Waals surface area contributed by atoms with Gasteiger partial charge in [-0.25, -0.2) is 0 Å². The Bertz CT molecular complexity index is 722. The molecular weight excluding hydrogens is 290 g/mol. The van der Waals surface area contributed by atoms with Crippen LogP contribution >= 0.6 is 0 Å². The van der Waals surface area contributed by atoms with Crippen LogP contribution in [0.25, 0.3) is 0 Å². The van der Waals surface area contributed by atoms with E-state index >= 15 is 0 Å². The van der Waals surface area contributed by atoms with Crippen LogP contribution in [0.3, 0.4) is 0 Å². The fourth-order valence-corrected chi connectivity index (χ4v) is 3.95. The summed E-state index contributed by atoms with van der Waals surface area (Å²) >= 11 is 0. The van der Waals surface area contributed by atoms with E-state index in [0.29, 0.717) is 24.5 Å². The average Bonchev–Trinajstić information content (AvgIpc) is 2.63. The van der Waals surface area contributed by atoms with Gasteiger partial charge in [0.25, 0.3) is 0 Å². The SMILES string of the molecule is [2H]C([2H])([2H])C(CC1CN2CCc3cc(OC)c(OC)cc3C2C[C@@H]1O)C([2H])([2H])[2H]. The maximum absolute atomic E-state index is 10.8. The molecule has 4 heteroatoms. The fourth-order valence-electron chi connectivity index (χ4n) is 3.95. The number of piperidine rings is 1. The van der Waals surface area contributed by atoms with Gasteiger partial charge in [0, 0.05) is 27.4 Å². The average molecular weight is 325 g/mol. The molecule has 4 nitrogen and oxygen atoms in total. The fraction of sp³-hybridized carbons (Fsp3) is 0.684. The zero-order valence-electron chi connectivity index (χ0n) is 19.7. The van der Waals surface area contributed by atoms with Crippen molar-refractivity contribution in [3.63, 3.8) is 0 Å². The molecule has 1 N–H and O–H groups in total. The number of fused-ring (bicyclic) bond motifs is 3. The van der Waals surface area contributed by atoms with Crippen molar-refractivity contribution in [2.45, 2.75) is 45.1 Å². The number of aliphatic hydroxyl groups excluding tert-OH is 1. The van der Waals surface area contributed by atoms with Gasteiger partial charge in [-0.1, -0.05) is 13.7 Å². The molecule has 3 atom stereocenters. The van der Waals surface area contributed by atoms with E-state index in [1.807, 2.05) is 12.1 Å². The summed E-state index contributed by atoms with van der Waals surface area (Å²) in [7, 11) is 3.18. The van der Waals surface area contributed by atoms with Crippen molar-refractivity contribution in [3.8, 4) is 11.5 Å². The molecule has 1 aromatic rings. The predicted molar refractivity (Wildman–Crippen MR) is 91.1 cm³/mol. The Morgan fingerprint density at radius 2 is 2.04 bits per heavy atom. The van der Waals surface area contributed by atoms with Gasteiger partial charge in [0.2, 0.25) is 0 Å². The smallest absolute Gasteiger partial charge is 0.161 e. The van der Waals surface area contributed by atoms with Crippen molar-refractivity contribution < 1.29 is 22.8 Å². The summed E-state index contributed by atoms with van der Waals surface area (Å²) in [5.41, 5.74) is 2.23. The summed E-state index contributed by atoms with van der Waals surface area (Å²) in [6, 6.07) is 3.92. The van der Waals surface area contributed by atoms with Crippen LogP contribution in [0.15, 0.2) is 12.1 Å². The summed E-state index contributed by atoms with van der Waals surface area (Å²) in [5.74, 6) is -0.520. The van der Waals surface area contributed by atoms with E-state index in [-0.39, 0.29) is 12.5 Å². The van der Waals surface area contributed by atoms with Crippen LogP contribution in [0.5, 0.6) is 11.5 Å². The molecule has 0 aliphatic carbocycles. The second-order valence-electron chi connectivity index (χ2n) is 6.52. The standard InChI is InChI=1S/C19H29NO3/c1-12(2)7-14-11-20-6-5-13-8-18(22-3)19(23-4)9-15(13)16(20)10-17(14)21/h8-9,12,14,16-17,21H,5-7,10-11H2,1-4H3/t14?,16?,17-/m0/s1/i1D3,2D3. The Labute approximate surface area is 147 Å². The molecule has 1 aromatic carbocycles. The van der Waals surface area contributed by atoms with Gasteiger partial charge >= 0.3 is 0 Å². The first-order valence-corrected chi connectivity index (χ1v) is 8.12. The van der Waals surface area contributed by atoms with Gasteiger partial charge in [-0.2, -0.15) is 0 Å². The largest absolute Gasteiger partial charge is 0.493 e. The Morgan fingerprint density at radius 3 is 2.74 bits per heavy atom. The maximum atomic E-state index is 10.8. The molecule has 3 rings (SSSR count). The van der Waals surface area contributed by atoms with Gasteiger partial charge in [-0.3, -0.25) is 4.90 Å². The summed E-state index contributed by atoms with van der Waals surface area (Å²) in [6.45, 7) is -3.93. The second-order valence-corrected chi connectivity index (χ2v) is 6.52. The molecule has 2 heterocycles. The van der Waals surface area contributed by atoms with Crippen molar-refractivity contribution in [3.05, 3.63) is 23.3 Å². The molecule has 0 bridgehead atoms. The molecule has 1 saturated heterocycles. The van der Waals surface area contributed by atoms with Crippen LogP contribution in [0.4, 0.5) is 0 Å². The molecule has 2 unspecified atom stereocenters. The topological polar surface area (TPSA) is 41.9 Å². The molecule has 0 radical (unpaired) electrons. The first kappa shape index (κ1) is 10.6. The van der Waals surface area contributed by atoms with Crippen molar-refractivity contribution >= 4 is 0 Å². The lowest BCUT2D eigenvalue weighted by molar-refractivity contribution is -0.0191. The van der Waals surface area contributed by atoms with E-state index in [2.05, 4.69) is 4.90 Å². The van der Waals surface area contributed by atoms with Crippen molar-refractivity contribution in [1.82, 2.24) is 4.90 Å². The molecule has 0 aromatic heterocycles. The lowest BCUT2D eigenvalue weighted by Crippen LogP contribution is -2.48. The third kappa shape index (κ3) is 3.20. The summed E-state index contributed by atoms with van der Waals surface area (Å²) in [6.07, 6.45) is 0.428. The molecule has 1 fully saturated rings. The van der Waals surface area contributed by atoms with E-state index in [0.717, 1.165) is 24.1 Å². The quantitative estimate of drug-likeness (QED) is 0.924. The third-order valence-corrected chi connectivity index (χ3v) is 5.13. The Balaban J connectivity index is 1.82. The number of hydrogen-bond donors (Lipinski definition) is 1. The Morgan fingerprint density at radius 1 is 1.30 bits per heavy atom. The number of methoxy groups -OCH3 is 2.